The van der Waals surface area contributed by atoms with Gasteiger partial charge in [0.25, 0.3) is 0 Å². The third kappa shape index (κ3) is 4.92. The van der Waals surface area contributed by atoms with Gasteiger partial charge >= 0.3 is 0 Å². The normalized spacial score (nSPS) is 10.9. The predicted octanol–water partition coefficient (Wildman–Crippen LogP) is 1.83. The molecule has 0 bridgehead atoms. The number of likely N-dealkylation sites (N-methyl/N-ethyl adjacent to an activating group) is 2. The lowest BCUT2D eigenvalue weighted by Gasteiger charge is -2.21. The summed E-state index contributed by atoms with van der Waals surface area (Å²) in [4.78, 5) is 19.8. The number of hydrogen-bond acceptors (Lipinski definition) is 4. The quantitative estimate of drug-likeness (QED) is 0.719. The second-order valence-electron chi connectivity index (χ2n) is 4.27. The van der Waals surface area contributed by atoms with Crippen LogP contribution in [0, 0.1) is 0 Å². The summed E-state index contributed by atoms with van der Waals surface area (Å²) in [6, 6.07) is 0. The Hall–Kier alpha value is -0.650. The number of rotatable bonds is 7. The molecule has 4 nitrogen and oxygen atoms in total. The molecular formula is C12H20ClN3OS. The van der Waals surface area contributed by atoms with Crippen LogP contribution in [0.3, 0.4) is 0 Å². The highest BCUT2D eigenvalue weighted by Crippen LogP contribution is 2.12. The molecule has 0 saturated carbocycles. The van der Waals surface area contributed by atoms with Gasteiger partial charge in [-0.25, -0.2) is 4.98 Å². The van der Waals surface area contributed by atoms with Gasteiger partial charge in [-0.15, -0.1) is 22.9 Å². The van der Waals surface area contributed by atoms with Crippen LogP contribution in [0.25, 0.3) is 0 Å². The van der Waals surface area contributed by atoms with E-state index in [0.717, 1.165) is 30.2 Å². The minimum Gasteiger partial charge on any atom is -0.348 e. The van der Waals surface area contributed by atoms with Gasteiger partial charge in [0.15, 0.2) is 0 Å². The Morgan fingerprint density at radius 1 is 1.50 bits per heavy atom. The highest BCUT2D eigenvalue weighted by Gasteiger charge is 2.11. The van der Waals surface area contributed by atoms with E-state index < -0.39 is 0 Å². The average Bonchev–Trinajstić information content (AvgIpc) is 2.81. The van der Waals surface area contributed by atoms with Gasteiger partial charge in [-0.3, -0.25) is 9.69 Å². The van der Waals surface area contributed by atoms with Gasteiger partial charge in [-0.1, -0.05) is 6.92 Å². The van der Waals surface area contributed by atoms with Crippen LogP contribution in [-0.4, -0.2) is 54.4 Å². The Balaban J connectivity index is 2.41. The van der Waals surface area contributed by atoms with E-state index in [2.05, 4.69) is 16.8 Å². The van der Waals surface area contributed by atoms with Crippen LogP contribution in [0.1, 0.15) is 17.6 Å². The summed E-state index contributed by atoms with van der Waals surface area (Å²) >= 11 is 7.35. The summed E-state index contributed by atoms with van der Waals surface area (Å²) in [6.45, 7) is 4.25. The smallest absolute Gasteiger partial charge is 0.236 e. The van der Waals surface area contributed by atoms with Gasteiger partial charge in [0.05, 0.1) is 23.1 Å². The zero-order chi connectivity index (χ0) is 13.5. The van der Waals surface area contributed by atoms with E-state index in [1.807, 2.05) is 5.38 Å². The molecule has 0 saturated heterocycles. The summed E-state index contributed by atoms with van der Waals surface area (Å²) in [6.07, 6.45) is 0.871. The molecule has 1 aromatic rings. The molecule has 1 amide bonds. The van der Waals surface area contributed by atoms with Crippen LogP contribution in [0.5, 0.6) is 0 Å². The summed E-state index contributed by atoms with van der Waals surface area (Å²) in [5, 5.41) is 3.07. The number of amides is 1. The standard InChI is InChI=1S/C12H20ClN3OS/c1-4-16(8-12(17)15(2)3)6-5-11-14-10(7-13)9-18-11/h9H,4-8H2,1-3H3. The van der Waals surface area contributed by atoms with Crippen molar-refractivity contribution in [1.29, 1.82) is 0 Å². The minimum absolute atomic E-state index is 0.137. The van der Waals surface area contributed by atoms with Gasteiger partial charge in [-0.05, 0) is 6.54 Å². The lowest BCUT2D eigenvalue weighted by Crippen LogP contribution is -2.37. The maximum atomic E-state index is 11.6. The van der Waals surface area contributed by atoms with Crippen LogP contribution in [-0.2, 0) is 17.1 Å². The Bertz CT molecular complexity index is 381. The van der Waals surface area contributed by atoms with Crippen LogP contribution in [0.2, 0.25) is 0 Å². The van der Waals surface area contributed by atoms with Gasteiger partial charge in [0.2, 0.25) is 5.91 Å². The van der Waals surface area contributed by atoms with Gasteiger partial charge < -0.3 is 4.90 Å². The van der Waals surface area contributed by atoms with E-state index in [-0.39, 0.29) is 5.91 Å². The van der Waals surface area contributed by atoms with Crippen molar-refractivity contribution in [2.45, 2.75) is 19.2 Å². The molecule has 0 N–H and O–H groups in total. The average molecular weight is 290 g/mol. The molecule has 0 fully saturated rings. The number of alkyl halides is 1. The summed E-state index contributed by atoms with van der Waals surface area (Å²) in [5.41, 5.74) is 0.934. The monoisotopic (exact) mass is 289 g/mol. The number of thiazole rings is 1. The van der Waals surface area contributed by atoms with E-state index >= 15 is 0 Å². The highest BCUT2D eigenvalue weighted by atomic mass is 35.5. The Labute approximate surface area is 118 Å². The van der Waals surface area contributed by atoms with Crippen molar-refractivity contribution in [2.75, 3.05) is 33.7 Å². The Morgan fingerprint density at radius 3 is 2.72 bits per heavy atom. The molecule has 0 aliphatic carbocycles. The fraction of sp³-hybridized carbons (Fsp3) is 0.667. The SMILES string of the molecule is CCN(CCc1nc(CCl)cs1)CC(=O)N(C)C. The molecule has 1 aromatic heterocycles. The number of carbonyl (C=O) groups excluding carboxylic acids is 1. The molecule has 102 valence electrons. The van der Waals surface area contributed by atoms with Crippen LogP contribution >= 0.6 is 22.9 Å². The first-order valence-corrected chi connectivity index (χ1v) is 7.40. The summed E-state index contributed by atoms with van der Waals surface area (Å²) in [5.74, 6) is 0.602. The Kier molecular flexibility index (Phi) is 6.60. The lowest BCUT2D eigenvalue weighted by atomic mass is 10.3. The molecule has 0 unspecified atom stereocenters. The Morgan fingerprint density at radius 2 is 2.22 bits per heavy atom. The van der Waals surface area contributed by atoms with E-state index in [1.54, 1.807) is 30.3 Å². The maximum absolute atomic E-state index is 11.6. The van der Waals surface area contributed by atoms with Crippen LogP contribution < -0.4 is 0 Å². The predicted molar refractivity (Wildman–Crippen MR) is 76.2 cm³/mol. The van der Waals surface area contributed by atoms with Crippen molar-refractivity contribution < 1.29 is 4.79 Å². The van der Waals surface area contributed by atoms with Crippen molar-refractivity contribution in [3.8, 4) is 0 Å². The zero-order valence-electron chi connectivity index (χ0n) is 11.1. The third-order valence-corrected chi connectivity index (χ3v) is 3.91. The topological polar surface area (TPSA) is 36.4 Å². The number of aromatic nitrogens is 1. The van der Waals surface area contributed by atoms with E-state index in [1.165, 1.54) is 0 Å². The second kappa shape index (κ2) is 7.71. The van der Waals surface area contributed by atoms with Gasteiger partial charge in [0.1, 0.15) is 0 Å². The number of nitrogens with zero attached hydrogens (tertiary/aromatic N) is 3. The van der Waals surface area contributed by atoms with Crippen LogP contribution in [0.4, 0.5) is 0 Å². The van der Waals surface area contributed by atoms with Crippen molar-refractivity contribution >= 4 is 28.8 Å². The molecule has 6 heteroatoms. The summed E-state index contributed by atoms with van der Waals surface area (Å²) in [7, 11) is 3.56. The molecule has 18 heavy (non-hydrogen) atoms. The molecule has 0 aliphatic heterocycles. The van der Waals surface area contributed by atoms with Crippen molar-refractivity contribution in [1.82, 2.24) is 14.8 Å². The molecule has 0 aromatic carbocycles. The largest absolute Gasteiger partial charge is 0.348 e. The number of halogens is 1. The first kappa shape index (κ1) is 15.4. The molecule has 0 radical (unpaired) electrons. The van der Waals surface area contributed by atoms with E-state index in [0.29, 0.717) is 12.4 Å². The molecule has 1 rings (SSSR count). The maximum Gasteiger partial charge on any atom is 0.236 e. The first-order chi connectivity index (χ1) is 8.56. The second-order valence-corrected chi connectivity index (χ2v) is 5.48. The fourth-order valence-corrected chi connectivity index (χ4v) is 2.48. The van der Waals surface area contributed by atoms with Crippen LogP contribution in [0.15, 0.2) is 5.38 Å². The van der Waals surface area contributed by atoms with Crippen molar-refractivity contribution in [2.24, 2.45) is 0 Å². The number of hydrogen-bond donors (Lipinski definition) is 0. The number of carbonyl (C=O) groups is 1. The molecule has 1 heterocycles. The lowest BCUT2D eigenvalue weighted by molar-refractivity contribution is -0.129. The summed E-state index contributed by atoms with van der Waals surface area (Å²) < 4.78 is 0. The molecule has 0 spiro atoms. The molecular weight excluding hydrogens is 270 g/mol. The molecule has 0 atom stereocenters. The van der Waals surface area contributed by atoms with E-state index in [4.69, 9.17) is 11.6 Å². The van der Waals surface area contributed by atoms with E-state index in [9.17, 15) is 4.79 Å². The highest BCUT2D eigenvalue weighted by molar-refractivity contribution is 7.09. The minimum atomic E-state index is 0.137. The van der Waals surface area contributed by atoms with Gasteiger partial charge in [-0.2, -0.15) is 0 Å². The molecule has 0 aliphatic rings. The first-order valence-electron chi connectivity index (χ1n) is 5.98. The fourth-order valence-electron chi connectivity index (χ4n) is 1.46. The van der Waals surface area contributed by atoms with Crippen molar-refractivity contribution in [3.63, 3.8) is 0 Å². The van der Waals surface area contributed by atoms with Gasteiger partial charge in [0, 0.05) is 32.4 Å². The third-order valence-electron chi connectivity index (χ3n) is 2.68. The zero-order valence-corrected chi connectivity index (χ0v) is 12.7. The van der Waals surface area contributed by atoms with Crippen molar-refractivity contribution in [3.05, 3.63) is 16.1 Å².